The molecule has 0 amide bonds. The van der Waals surface area contributed by atoms with Crippen LogP contribution in [0.15, 0.2) is 78.9 Å². The highest BCUT2D eigenvalue weighted by molar-refractivity contribution is 5.76. The van der Waals surface area contributed by atoms with Crippen molar-refractivity contribution in [2.45, 2.75) is 58.1 Å². The third-order valence-corrected chi connectivity index (χ3v) is 5.55. The molecule has 1 unspecified atom stereocenters. The average Bonchev–Trinajstić information content (AvgIpc) is 2.86. The molecule has 0 aliphatic carbocycles. The second-order valence-corrected chi connectivity index (χ2v) is 9.77. The van der Waals surface area contributed by atoms with Crippen molar-refractivity contribution >= 4 is 11.9 Å². The monoisotopic (exact) mass is 489 g/mol. The lowest BCUT2D eigenvalue weighted by atomic mass is 10.1. The van der Waals surface area contributed by atoms with Crippen molar-refractivity contribution in [1.82, 2.24) is 5.32 Å². The Balaban J connectivity index is 1.70. The molecule has 2 N–H and O–H groups in total. The number of rotatable bonds is 11. The molecule has 0 bridgehead atoms. The summed E-state index contributed by atoms with van der Waals surface area (Å²) >= 11 is 0. The Hall–Kier alpha value is -3.48. The number of carbonyl (C=O) groups is 2. The maximum Gasteiger partial charge on any atom is 0.311 e. The number of nitrogens with one attached hydrogen (secondary N) is 1. The van der Waals surface area contributed by atoms with Gasteiger partial charge in [0, 0.05) is 24.9 Å². The SMILES string of the molecule is CC(C)(C)NCC(O)c1ccc(OC(=O)CCc2ccccc2)c(OC(=O)CCc2ccccc2)c1. The molecule has 6 heteroatoms. The number of carbonyl (C=O) groups excluding carboxylic acids is 2. The molecule has 0 aliphatic heterocycles. The van der Waals surface area contributed by atoms with Gasteiger partial charge in [-0.25, -0.2) is 0 Å². The Morgan fingerprint density at radius 1 is 0.778 bits per heavy atom. The van der Waals surface area contributed by atoms with Gasteiger partial charge < -0.3 is 19.9 Å². The van der Waals surface area contributed by atoms with Crippen LogP contribution in [0.3, 0.4) is 0 Å². The molecule has 0 aliphatic rings. The molecule has 36 heavy (non-hydrogen) atoms. The van der Waals surface area contributed by atoms with E-state index in [9.17, 15) is 14.7 Å². The van der Waals surface area contributed by atoms with Crippen molar-refractivity contribution in [3.05, 3.63) is 95.6 Å². The van der Waals surface area contributed by atoms with Gasteiger partial charge >= 0.3 is 11.9 Å². The largest absolute Gasteiger partial charge is 0.423 e. The highest BCUT2D eigenvalue weighted by atomic mass is 16.6. The van der Waals surface area contributed by atoms with Gasteiger partial charge in [0.1, 0.15) is 0 Å². The average molecular weight is 490 g/mol. The minimum Gasteiger partial charge on any atom is -0.423 e. The van der Waals surface area contributed by atoms with Crippen LogP contribution in [0, 0.1) is 0 Å². The molecule has 1 atom stereocenters. The predicted octanol–water partition coefficient (Wildman–Crippen LogP) is 5.18. The highest BCUT2D eigenvalue weighted by Gasteiger charge is 2.19. The van der Waals surface area contributed by atoms with Gasteiger partial charge in [-0.2, -0.15) is 0 Å². The van der Waals surface area contributed by atoms with Crippen LogP contribution in [0.2, 0.25) is 0 Å². The molecular weight excluding hydrogens is 454 g/mol. The number of ether oxygens (including phenoxy) is 2. The van der Waals surface area contributed by atoms with E-state index in [2.05, 4.69) is 5.32 Å². The summed E-state index contributed by atoms with van der Waals surface area (Å²) in [7, 11) is 0. The van der Waals surface area contributed by atoms with Crippen LogP contribution in [0.25, 0.3) is 0 Å². The molecule has 0 aromatic heterocycles. The fraction of sp³-hybridized carbons (Fsp3) is 0.333. The van der Waals surface area contributed by atoms with E-state index in [0.29, 0.717) is 24.9 Å². The van der Waals surface area contributed by atoms with Gasteiger partial charge in [0.05, 0.1) is 6.10 Å². The van der Waals surface area contributed by atoms with Gasteiger partial charge in [0.25, 0.3) is 0 Å². The molecule has 3 rings (SSSR count). The van der Waals surface area contributed by atoms with Crippen molar-refractivity contribution in [2.75, 3.05) is 6.54 Å². The maximum atomic E-state index is 12.6. The van der Waals surface area contributed by atoms with E-state index in [-0.39, 0.29) is 29.9 Å². The van der Waals surface area contributed by atoms with Crippen molar-refractivity contribution in [3.63, 3.8) is 0 Å². The third kappa shape index (κ3) is 9.29. The van der Waals surface area contributed by atoms with E-state index >= 15 is 0 Å². The first-order chi connectivity index (χ1) is 17.2. The smallest absolute Gasteiger partial charge is 0.311 e. The fourth-order valence-corrected chi connectivity index (χ4v) is 3.55. The van der Waals surface area contributed by atoms with Crippen molar-refractivity contribution in [2.24, 2.45) is 0 Å². The van der Waals surface area contributed by atoms with E-state index in [1.807, 2.05) is 81.4 Å². The molecule has 0 spiro atoms. The van der Waals surface area contributed by atoms with E-state index in [4.69, 9.17) is 9.47 Å². The van der Waals surface area contributed by atoms with Crippen molar-refractivity contribution in [1.29, 1.82) is 0 Å². The summed E-state index contributed by atoms with van der Waals surface area (Å²) in [5, 5.41) is 13.9. The zero-order chi connectivity index (χ0) is 26.0. The molecule has 0 fully saturated rings. The molecule has 0 saturated heterocycles. The summed E-state index contributed by atoms with van der Waals surface area (Å²) in [6, 6.07) is 24.1. The number of hydrogen-bond acceptors (Lipinski definition) is 6. The number of aryl methyl sites for hydroxylation is 2. The van der Waals surface area contributed by atoms with Gasteiger partial charge in [0.2, 0.25) is 0 Å². The molecule has 6 nitrogen and oxygen atoms in total. The summed E-state index contributed by atoms with van der Waals surface area (Å²) in [6.07, 6.45) is 0.605. The molecule has 190 valence electrons. The molecule has 0 heterocycles. The van der Waals surface area contributed by atoms with E-state index in [1.54, 1.807) is 18.2 Å². The van der Waals surface area contributed by atoms with Crippen molar-refractivity contribution < 1.29 is 24.2 Å². The Bertz CT molecular complexity index is 1120. The maximum absolute atomic E-state index is 12.6. The normalized spacial score (nSPS) is 12.1. The Kier molecular flexibility index (Phi) is 9.79. The molecular formula is C30H35NO5. The van der Waals surface area contributed by atoms with Gasteiger partial charge in [-0.1, -0.05) is 66.7 Å². The van der Waals surface area contributed by atoms with E-state index in [0.717, 1.165) is 11.1 Å². The lowest BCUT2D eigenvalue weighted by Crippen LogP contribution is -2.38. The van der Waals surface area contributed by atoms with E-state index in [1.165, 1.54) is 0 Å². The Labute approximate surface area is 213 Å². The fourth-order valence-electron chi connectivity index (χ4n) is 3.55. The second-order valence-electron chi connectivity index (χ2n) is 9.77. The highest BCUT2D eigenvalue weighted by Crippen LogP contribution is 2.32. The van der Waals surface area contributed by atoms with Crippen molar-refractivity contribution in [3.8, 4) is 11.5 Å². The quantitative estimate of drug-likeness (QED) is 0.285. The van der Waals surface area contributed by atoms with E-state index < -0.39 is 18.0 Å². The topological polar surface area (TPSA) is 84.9 Å². The van der Waals surface area contributed by atoms with Crippen LogP contribution in [-0.4, -0.2) is 29.1 Å². The number of aliphatic hydroxyl groups is 1. The van der Waals surface area contributed by atoms with Crippen LogP contribution in [0.4, 0.5) is 0 Å². The number of aliphatic hydroxyl groups excluding tert-OH is 1. The van der Waals surface area contributed by atoms with Crippen LogP contribution in [0.5, 0.6) is 11.5 Å². The van der Waals surface area contributed by atoms with Gasteiger partial charge in [-0.15, -0.1) is 0 Å². The van der Waals surface area contributed by atoms with Gasteiger partial charge in [-0.3, -0.25) is 9.59 Å². The third-order valence-electron chi connectivity index (χ3n) is 5.55. The van der Waals surface area contributed by atoms with Crippen LogP contribution >= 0.6 is 0 Å². The second kappa shape index (κ2) is 13.0. The Morgan fingerprint density at radius 2 is 1.28 bits per heavy atom. The number of esters is 2. The summed E-state index contributed by atoms with van der Waals surface area (Å²) in [4.78, 5) is 25.2. The number of β-amino-alcohol motifs (C(OH)–C–C–N with tert-alkyl or cyclic N) is 1. The van der Waals surface area contributed by atoms with Crippen LogP contribution < -0.4 is 14.8 Å². The van der Waals surface area contributed by atoms with Gasteiger partial charge in [0.15, 0.2) is 11.5 Å². The molecule has 3 aromatic rings. The Morgan fingerprint density at radius 3 is 1.78 bits per heavy atom. The summed E-state index contributed by atoms with van der Waals surface area (Å²) in [6.45, 7) is 6.36. The lowest BCUT2D eigenvalue weighted by Gasteiger charge is -2.23. The lowest BCUT2D eigenvalue weighted by molar-refractivity contribution is -0.137. The van der Waals surface area contributed by atoms with Crippen LogP contribution in [0.1, 0.15) is 56.4 Å². The predicted molar refractivity (Wildman–Crippen MR) is 140 cm³/mol. The van der Waals surface area contributed by atoms with Gasteiger partial charge in [-0.05, 0) is 62.4 Å². The first-order valence-electron chi connectivity index (χ1n) is 12.3. The van der Waals surface area contributed by atoms with Crippen LogP contribution in [-0.2, 0) is 22.4 Å². The zero-order valence-electron chi connectivity index (χ0n) is 21.2. The summed E-state index contributed by atoms with van der Waals surface area (Å²) < 4.78 is 11.2. The first-order valence-corrected chi connectivity index (χ1v) is 12.3. The number of hydrogen-bond donors (Lipinski definition) is 2. The zero-order valence-corrected chi connectivity index (χ0v) is 21.2. The summed E-state index contributed by atoms with van der Waals surface area (Å²) in [5.41, 5.74) is 2.45. The number of benzene rings is 3. The molecule has 0 saturated carbocycles. The standard InChI is InChI=1S/C30H35NO5/c1-30(2,3)31-21-25(32)24-16-17-26(35-28(33)18-14-22-10-6-4-7-11-22)27(20-24)36-29(34)19-15-23-12-8-5-9-13-23/h4-13,16-17,20,25,31-32H,14-15,18-19,21H2,1-3H3. The molecule has 0 radical (unpaired) electrons. The molecule has 3 aromatic carbocycles. The minimum absolute atomic E-state index is 0.119. The first kappa shape index (κ1) is 27.1. The summed E-state index contributed by atoms with van der Waals surface area (Å²) in [5.74, 6) is -0.600. The minimum atomic E-state index is -0.825.